The van der Waals surface area contributed by atoms with E-state index in [9.17, 15) is 4.79 Å². The fraction of sp³-hybridized carbons (Fsp3) is 0.474. The maximum Gasteiger partial charge on any atom is 0.237 e. The van der Waals surface area contributed by atoms with Gasteiger partial charge in [-0.1, -0.05) is 23.7 Å². The van der Waals surface area contributed by atoms with Gasteiger partial charge in [-0.15, -0.1) is 0 Å². The number of oxazole rings is 1. The van der Waals surface area contributed by atoms with Crippen molar-refractivity contribution >= 4 is 17.5 Å². The van der Waals surface area contributed by atoms with Crippen molar-refractivity contribution in [2.45, 2.75) is 31.7 Å². The molecule has 0 N–H and O–H groups in total. The summed E-state index contributed by atoms with van der Waals surface area (Å²) in [5.74, 6) is 1.59. The highest BCUT2D eigenvalue weighted by Crippen LogP contribution is 2.31. The molecule has 1 aromatic heterocycles. The van der Waals surface area contributed by atoms with Crippen LogP contribution in [0.15, 0.2) is 34.9 Å². The van der Waals surface area contributed by atoms with Crippen molar-refractivity contribution in [1.82, 2.24) is 14.8 Å². The Hall–Kier alpha value is -1.85. The van der Waals surface area contributed by atoms with Gasteiger partial charge in [0.1, 0.15) is 11.8 Å². The standard InChI is InChI=1S/C19H24ClN3O2/c1-22(2)13-18(24)23-10-4-3-5-17(23)19-21-12-16(25-19)11-14-6-8-15(20)9-7-14/h6-9,12,17H,3-5,10-11,13H2,1-2H3. The summed E-state index contributed by atoms with van der Waals surface area (Å²) in [6, 6.07) is 7.66. The second-order valence-corrected chi connectivity index (χ2v) is 7.24. The van der Waals surface area contributed by atoms with Crippen LogP contribution in [0, 0.1) is 0 Å². The SMILES string of the molecule is CN(C)CC(=O)N1CCCCC1c1ncc(Cc2ccc(Cl)cc2)o1. The topological polar surface area (TPSA) is 49.6 Å². The first-order valence-electron chi connectivity index (χ1n) is 8.66. The van der Waals surface area contributed by atoms with Crippen LogP contribution in [0.3, 0.4) is 0 Å². The second-order valence-electron chi connectivity index (χ2n) is 6.80. The van der Waals surface area contributed by atoms with Gasteiger partial charge in [0.05, 0.1) is 12.7 Å². The molecule has 1 saturated heterocycles. The molecule has 1 unspecified atom stereocenters. The van der Waals surface area contributed by atoms with Crippen LogP contribution in [0.5, 0.6) is 0 Å². The zero-order valence-corrected chi connectivity index (χ0v) is 15.5. The average Bonchev–Trinajstić information content (AvgIpc) is 3.05. The third kappa shape index (κ3) is 4.61. The van der Waals surface area contributed by atoms with E-state index < -0.39 is 0 Å². The van der Waals surface area contributed by atoms with E-state index in [1.165, 1.54) is 0 Å². The lowest BCUT2D eigenvalue weighted by Gasteiger charge is -2.34. The lowest BCUT2D eigenvalue weighted by atomic mass is 10.0. The molecule has 1 aliphatic rings. The Bertz CT molecular complexity index is 712. The number of carbonyl (C=O) groups excluding carboxylic acids is 1. The molecule has 1 atom stereocenters. The van der Waals surface area contributed by atoms with E-state index in [1.54, 1.807) is 6.20 Å². The van der Waals surface area contributed by atoms with Crippen molar-refractivity contribution in [2.24, 2.45) is 0 Å². The van der Waals surface area contributed by atoms with Crippen LogP contribution in [0.25, 0.3) is 0 Å². The van der Waals surface area contributed by atoms with Gasteiger partial charge in [-0.2, -0.15) is 0 Å². The molecule has 1 fully saturated rings. The number of benzene rings is 1. The highest BCUT2D eigenvalue weighted by Gasteiger charge is 2.31. The molecule has 6 heteroatoms. The average molecular weight is 362 g/mol. The summed E-state index contributed by atoms with van der Waals surface area (Å²) in [6.07, 6.45) is 5.47. The van der Waals surface area contributed by atoms with Gasteiger partial charge < -0.3 is 14.2 Å². The third-order valence-electron chi connectivity index (χ3n) is 4.42. The third-order valence-corrected chi connectivity index (χ3v) is 4.67. The maximum atomic E-state index is 12.5. The molecule has 25 heavy (non-hydrogen) atoms. The molecule has 1 amide bonds. The smallest absolute Gasteiger partial charge is 0.237 e. The fourth-order valence-corrected chi connectivity index (χ4v) is 3.34. The molecular formula is C19H24ClN3O2. The number of likely N-dealkylation sites (tertiary alicyclic amines) is 1. The first-order chi connectivity index (χ1) is 12.0. The summed E-state index contributed by atoms with van der Waals surface area (Å²) in [6.45, 7) is 1.18. The van der Waals surface area contributed by atoms with Gasteiger partial charge in [0.15, 0.2) is 0 Å². The number of rotatable bonds is 5. The second kappa shape index (κ2) is 8.02. The number of aromatic nitrogens is 1. The fourth-order valence-electron chi connectivity index (χ4n) is 3.21. The largest absolute Gasteiger partial charge is 0.443 e. The molecular weight excluding hydrogens is 338 g/mol. The number of amides is 1. The molecule has 2 heterocycles. The molecule has 0 spiro atoms. The van der Waals surface area contributed by atoms with Crippen LogP contribution in [-0.2, 0) is 11.2 Å². The van der Waals surface area contributed by atoms with Gasteiger partial charge in [-0.3, -0.25) is 4.79 Å². The zero-order chi connectivity index (χ0) is 17.8. The number of likely N-dealkylation sites (N-methyl/N-ethyl adjacent to an activating group) is 1. The molecule has 5 nitrogen and oxygen atoms in total. The van der Waals surface area contributed by atoms with Gasteiger partial charge in [0.25, 0.3) is 0 Å². The highest BCUT2D eigenvalue weighted by atomic mass is 35.5. The molecule has 1 aliphatic heterocycles. The lowest BCUT2D eigenvalue weighted by molar-refractivity contribution is -0.136. The maximum absolute atomic E-state index is 12.5. The van der Waals surface area contributed by atoms with E-state index in [-0.39, 0.29) is 11.9 Å². The van der Waals surface area contributed by atoms with E-state index in [4.69, 9.17) is 16.0 Å². The van der Waals surface area contributed by atoms with Crippen LogP contribution in [0.2, 0.25) is 5.02 Å². The van der Waals surface area contributed by atoms with Crippen molar-refractivity contribution in [3.05, 3.63) is 52.7 Å². The highest BCUT2D eigenvalue weighted by molar-refractivity contribution is 6.30. The first kappa shape index (κ1) is 18.0. The number of carbonyl (C=O) groups is 1. The van der Waals surface area contributed by atoms with Crippen LogP contribution in [0.4, 0.5) is 0 Å². The van der Waals surface area contributed by atoms with Gasteiger partial charge >= 0.3 is 0 Å². The Kier molecular flexibility index (Phi) is 5.76. The molecule has 2 aromatic rings. The van der Waals surface area contributed by atoms with E-state index in [0.29, 0.717) is 18.9 Å². The summed E-state index contributed by atoms with van der Waals surface area (Å²) < 4.78 is 5.99. The Morgan fingerprint density at radius 1 is 1.32 bits per heavy atom. The predicted molar refractivity (Wildman–Crippen MR) is 97.6 cm³/mol. The molecule has 1 aromatic carbocycles. The van der Waals surface area contributed by atoms with E-state index in [0.717, 1.165) is 42.2 Å². The molecule has 3 rings (SSSR count). The Morgan fingerprint density at radius 2 is 2.08 bits per heavy atom. The monoisotopic (exact) mass is 361 g/mol. The van der Waals surface area contributed by atoms with E-state index in [2.05, 4.69) is 4.98 Å². The Balaban J connectivity index is 1.72. The number of hydrogen-bond donors (Lipinski definition) is 0. The summed E-state index contributed by atoms with van der Waals surface area (Å²) in [7, 11) is 3.82. The van der Waals surface area contributed by atoms with E-state index >= 15 is 0 Å². The number of nitrogens with zero attached hydrogens (tertiary/aromatic N) is 3. The van der Waals surface area contributed by atoms with Crippen LogP contribution >= 0.6 is 11.6 Å². The number of piperidine rings is 1. The van der Waals surface area contributed by atoms with Gasteiger partial charge in [-0.25, -0.2) is 4.98 Å². The molecule has 0 aliphatic carbocycles. The van der Waals surface area contributed by atoms with Crippen molar-refractivity contribution < 1.29 is 9.21 Å². The minimum atomic E-state index is -0.0554. The zero-order valence-electron chi connectivity index (χ0n) is 14.7. The van der Waals surface area contributed by atoms with Crippen LogP contribution in [-0.4, -0.2) is 47.9 Å². The minimum absolute atomic E-state index is 0.0554. The Labute approximate surface area is 153 Å². The molecule has 0 saturated carbocycles. The summed E-state index contributed by atoms with van der Waals surface area (Å²) >= 11 is 5.93. The minimum Gasteiger partial charge on any atom is -0.443 e. The molecule has 0 radical (unpaired) electrons. The lowest BCUT2D eigenvalue weighted by Crippen LogP contribution is -2.42. The van der Waals surface area contributed by atoms with Gasteiger partial charge in [0, 0.05) is 18.0 Å². The summed E-state index contributed by atoms with van der Waals surface area (Å²) in [5, 5.41) is 0.722. The van der Waals surface area contributed by atoms with Gasteiger partial charge in [0.2, 0.25) is 11.8 Å². The number of halogens is 1. The first-order valence-corrected chi connectivity index (χ1v) is 9.04. The van der Waals surface area contributed by atoms with Gasteiger partial charge in [-0.05, 0) is 51.1 Å². The van der Waals surface area contributed by atoms with Crippen LogP contribution < -0.4 is 0 Å². The normalized spacial score (nSPS) is 17.9. The number of hydrogen-bond acceptors (Lipinski definition) is 4. The summed E-state index contributed by atoms with van der Waals surface area (Å²) in [5.41, 5.74) is 1.12. The predicted octanol–water partition coefficient (Wildman–Crippen LogP) is 3.53. The van der Waals surface area contributed by atoms with Crippen molar-refractivity contribution in [3.8, 4) is 0 Å². The molecule has 134 valence electrons. The molecule has 0 bridgehead atoms. The van der Waals surface area contributed by atoms with Crippen LogP contribution in [0.1, 0.15) is 42.5 Å². The Morgan fingerprint density at radius 3 is 2.80 bits per heavy atom. The van der Waals surface area contributed by atoms with Crippen molar-refractivity contribution in [1.29, 1.82) is 0 Å². The van der Waals surface area contributed by atoms with Crippen molar-refractivity contribution in [3.63, 3.8) is 0 Å². The quantitative estimate of drug-likeness (QED) is 0.817. The van der Waals surface area contributed by atoms with E-state index in [1.807, 2.05) is 48.2 Å². The summed E-state index contributed by atoms with van der Waals surface area (Å²) in [4.78, 5) is 20.8. The van der Waals surface area contributed by atoms with Crippen molar-refractivity contribution in [2.75, 3.05) is 27.2 Å².